The Kier molecular flexibility index (Phi) is 3.28. The summed E-state index contributed by atoms with van der Waals surface area (Å²) in [6.07, 6.45) is 2.53. The molecular weight excluding hydrogens is 228 g/mol. The van der Waals surface area contributed by atoms with Crippen molar-refractivity contribution in [2.75, 3.05) is 11.9 Å². The normalized spacial score (nSPS) is 15.4. The molecule has 2 rings (SSSR count). The Hall–Kier alpha value is -1.97. The molecule has 1 aromatic rings. The fourth-order valence-electron chi connectivity index (χ4n) is 2.01. The molecule has 0 bridgehead atoms. The molecule has 1 aromatic carbocycles. The predicted octanol–water partition coefficient (Wildman–Crippen LogP) is 2.71. The second kappa shape index (κ2) is 4.72. The third-order valence-corrected chi connectivity index (χ3v) is 2.73. The highest BCUT2D eigenvalue weighted by Gasteiger charge is 2.29. The molecule has 0 saturated heterocycles. The molecule has 1 heterocycles. The van der Waals surface area contributed by atoms with Gasteiger partial charge in [0.25, 0.3) is 0 Å². The van der Waals surface area contributed by atoms with E-state index in [0.29, 0.717) is 6.54 Å². The Morgan fingerprint density at radius 3 is 3.06 bits per heavy atom. The Bertz CT molecular complexity index is 481. The quantitative estimate of drug-likeness (QED) is 0.806. The van der Waals surface area contributed by atoms with Crippen LogP contribution in [-0.2, 0) is 6.42 Å². The summed E-state index contributed by atoms with van der Waals surface area (Å²) in [7, 11) is 0. The lowest BCUT2D eigenvalue weighted by Gasteiger charge is -2.16. The zero-order chi connectivity index (χ0) is 13.2. The second-order valence-electron chi connectivity index (χ2n) is 4.98. The number of carbonyl (C=O) groups excluding carboxylic acids is 1. The standard InChI is InChI=1S/C14H18N2O2/c1-4-7-15-13(17)16-11-6-5-10-9-14(2,3)18-12(10)8-11/h4-6,8H,1,7,9H2,2-3H3,(H2,15,16,17). The van der Waals surface area contributed by atoms with Gasteiger partial charge in [0.15, 0.2) is 0 Å². The smallest absolute Gasteiger partial charge is 0.319 e. The van der Waals surface area contributed by atoms with E-state index >= 15 is 0 Å². The van der Waals surface area contributed by atoms with Gasteiger partial charge < -0.3 is 15.4 Å². The number of urea groups is 1. The summed E-state index contributed by atoms with van der Waals surface area (Å²) in [5, 5.41) is 5.41. The first-order valence-electron chi connectivity index (χ1n) is 5.98. The number of hydrogen-bond acceptors (Lipinski definition) is 2. The van der Waals surface area contributed by atoms with Gasteiger partial charge >= 0.3 is 6.03 Å². The van der Waals surface area contributed by atoms with Gasteiger partial charge in [-0.2, -0.15) is 0 Å². The van der Waals surface area contributed by atoms with Gasteiger partial charge in [-0.05, 0) is 25.5 Å². The maximum atomic E-state index is 11.5. The number of hydrogen-bond donors (Lipinski definition) is 2. The summed E-state index contributed by atoms with van der Waals surface area (Å²) >= 11 is 0. The van der Waals surface area contributed by atoms with E-state index in [-0.39, 0.29) is 11.6 Å². The minimum Gasteiger partial charge on any atom is -0.487 e. The molecule has 0 radical (unpaired) electrons. The zero-order valence-electron chi connectivity index (χ0n) is 10.7. The molecule has 2 amide bonds. The van der Waals surface area contributed by atoms with Gasteiger partial charge in [-0.1, -0.05) is 12.1 Å². The molecule has 0 fully saturated rings. The Morgan fingerprint density at radius 1 is 1.56 bits per heavy atom. The number of anilines is 1. The number of amides is 2. The lowest BCUT2D eigenvalue weighted by molar-refractivity contribution is 0.138. The van der Waals surface area contributed by atoms with Crippen molar-refractivity contribution in [2.45, 2.75) is 25.9 Å². The Morgan fingerprint density at radius 2 is 2.33 bits per heavy atom. The summed E-state index contributed by atoms with van der Waals surface area (Å²) < 4.78 is 5.81. The second-order valence-corrected chi connectivity index (χ2v) is 4.98. The lowest BCUT2D eigenvalue weighted by atomic mass is 10.0. The van der Waals surface area contributed by atoms with E-state index in [1.54, 1.807) is 6.08 Å². The lowest BCUT2D eigenvalue weighted by Crippen LogP contribution is -2.28. The van der Waals surface area contributed by atoms with Crippen molar-refractivity contribution in [3.05, 3.63) is 36.4 Å². The van der Waals surface area contributed by atoms with E-state index < -0.39 is 0 Å². The van der Waals surface area contributed by atoms with Crippen LogP contribution in [0.5, 0.6) is 5.75 Å². The van der Waals surface area contributed by atoms with Crippen LogP contribution in [0.15, 0.2) is 30.9 Å². The molecule has 96 valence electrons. The molecule has 1 aliphatic rings. The monoisotopic (exact) mass is 246 g/mol. The zero-order valence-corrected chi connectivity index (χ0v) is 10.7. The van der Waals surface area contributed by atoms with Gasteiger partial charge in [0.1, 0.15) is 11.4 Å². The van der Waals surface area contributed by atoms with Crippen molar-refractivity contribution >= 4 is 11.7 Å². The van der Waals surface area contributed by atoms with Crippen molar-refractivity contribution in [3.63, 3.8) is 0 Å². The molecule has 0 saturated carbocycles. The van der Waals surface area contributed by atoms with E-state index in [4.69, 9.17) is 4.74 Å². The molecule has 0 atom stereocenters. The van der Waals surface area contributed by atoms with Crippen molar-refractivity contribution in [1.29, 1.82) is 0 Å². The van der Waals surface area contributed by atoms with Gasteiger partial charge in [0.05, 0.1) is 0 Å². The fourth-order valence-corrected chi connectivity index (χ4v) is 2.01. The molecule has 4 heteroatoms. The molecule has 18 heavy (non-hydrogen) atoms. The third-order valence-electron chi connectivity index (χ3n) is 2.73. The number of nitrogens with one attached hydrogen (secondary N) is 2. The molecule has 0 spiro atoms. The Labute approximate surface area is 107 Å². The van der Waals surface area contributed by atoms with Crippen LogP contribution in [0.4, 0.5) is 10.5 Å². The SMILES string of the molecule is C=CCNC(=O)Nc1ccc2c(c1)OC(C)(C)C2. The highest BCUT2D eigenvalue weighted by Crippen LogP contribution is 2.36. The molecule has 0 aliphatic carbocycles. The predicted molar refractivity (Wildman–Crippen MR) is 72.1 cm³/mol. The van der Waals surface area contributed by atoms with Crippen molar-refractivity contribution in [2.24, 2.45) is 0 Å². The number of carbonyl (C=O) groups is 1. The first kappa shape index (κ1) is 12.5. The van der Waals surface area contributed by atoms with Crippen LogP contribution < -0.4 is 15.4 Å². The number of fused-ring (bicyclic) bond motifs is 1. The first-order valence-corrected chi connectivity index (χ1v) is 5.98. The van der Waals surface area contributed by atoms with Crippen molar-refractivity contribution in [1.82, 2.24) is 5.32 Å². The minimum absolute atomic E-state index is 0.161. The molecule has 0 aromatic heterocycles. The third kappa shape index (κ3) is 2.83. The summed E-state index contributed by atoms with van der Waals surface area (Å²) in [5.41, 5.74) is 1.75. The summed E-state index contributed by atoms with van der Waals surface area (Å²) in [6, 6.07) is 5.49. The average Bonchev–Trinajstić information content (AvgIpc) is 2.59. The maximum absolute atomic E-state index is 11.5. The largest absolute Gasteiger partial charge is 0.487 e. The van der Waals surface area contributed by atoms with Gasteiger partial charge in [-0.15, -0.1) is 6.58 Å². The minimum atomic E-state index is -0.243. The summed E-state index contributed by atoms with van der Waals surface area (Å²) in [4.78, 5) is 11.5. The summed E-state index contributed by atoms with van der Waals surface area (Å²) in [5.74, 6) is 0.849. The first-order chi connectivity index (χ1) is 8.50. The van der Waals surface area contributed by atoms with Crippen LogP contribution in [-0.4, -0.2) is 18.2 Å². The van der Waals surface area contributed by atoms with Crippen LogP contribution in [0, 0.1) is 0 Å². The topological polar surface area (TPSA) is 50.4 Å². The fraction of sp³-hybridized carbons (Fsp3) is 0.357. The maximum Gasteiger partial charge on any atom is 0.319 e. The van der Waals surface area contributed by atoms with Crippen LogP contribution >= 0.6 is 0 Å². The van der Waals surface area contributed by atoms with E-state index in [9.17, 15) is 4.79 Å². The van der Waals surface area contributed by atoms with Gasteiger partial charge in [0, 0.05) is 24.7 Å². The van der Waals surface area contributed by atoms with Crippen molar-refractivity contribution < 1.29 is 9.53 Å². The van der Waals surface area contributed by atoms with Gasteiger partial charge in [-0.3, -0.25) is 0 Å². The van der Waals surface area contributed by atoms with Crippen molar-refractivity contribution in [3.8, 4) is 5.75 Å². The Balaban J connectivity index is 2.05. The van der Waals surface area contributed by atoms with Crippen LogP contribution in [0.25, 0.3) is 0 Å². The molecular formula is C14H18N2O2. The highest BCUT2D eigenvalue weighted by atomic mass is 16.5. The van der Waals surface area contributed by atoms with E-state index in [0.717, 1.165) is 17.9 Å². The highest BCUT2D eigenvalue weighted by molar-refractivity contribution is 5.89. The van der Waals surface area contributed by atoms with E-state index in [1.165, 1.54) is 5.56 Å². The number of rotatable bonds is 3. The van der Waals surface area contributed by atoms with E-state index in [2.05, 4.69) is 31.1 Å². The number of benzene rings is 1. The summed E-state index contributed by atoms with van der Waals surface area (Å²) in [6.45, 7) is 8.09. The van der Waals surface area contributed by atoms with Crippen LogP contribution in [0.1, 0.15) is 19.4 Å². The number of ether oxygens (including phenoxy) is 1. The van der Waals surface area contributed by atoms with Gasteiger partial charge in [0.2, 0.25) is 0 Å². The van der Waals surface area contributed by atoms with Crippen LogP contribution in [0.3, 0.4) is 0 Å². The molecule has 2 N–H and O–H groups in total. The average molecular weight is 246 g/mol. The molecule has 4 nitrogen and oxygen atoms in total. The van der Waals surface area contributed by atoms with Gasteiger partial charge in [-0.25, -0.2) is 4.79 Å². The molecule has 0 unspecified atom stereocenters. The van der Waals surface area contributed by atoms with Crippen LogP contribution in [0.2, 0.25) is 0 Å². The van der Waals surface area contributed by atoms with E-state index in [1.807, 2.05) is 18.2 Å². The molecule has 1 aliphatic heterocycles.